The van der Waals surface area contributed by atoms with Gasteiger partial charge < -0.3 is 11.1 Å². The lowest BCUT2D eigenvalue weighted by Gasteiger charge is -2.34. The van der Waals surface area contributed by atoms with Gasteiger partial charge in [-0.25, -0.2) is 0 Å². The third-order valence-electron chi connectivity index (χ3n) is 5.95. The molecule has 131 valence electrons. The summed E-state index contributed by atoms with van der Waals surface area (Å²) in [4.78, 5) is 26.6. The fraction of sp³-hybridized carbons (Fsp3) is 0.778. The number of nitrogens with one attached hydrogen (secondary N) is 1. The molecule has 1 radical (unpaired) electrons. The van der Waals surface area contributed by atoms with Crippen LogP contribution in [0.2, 0.25) is 0 Å². The van der Waals surface area contributed by atoms with E-state index in [0.717, 1.165) is 38.6 Å². The number of nitrogens with zero attached hydrogens (tertiary/aromatic N) is 2. The van der Waals surface area contributed by atoms with Crippen molar-refractivity contribution in [2.45, 2.75) is 69.4 Å². The van der Waals surface area contributed by atoms with Gasteiger partial charge in [-0.2, -0.15) is 5.26 Å². The Morgan fingerprint density at radius 2 is 1.96 bits per heavy atom. The van der Waals surface area contributed by atoms with Crippen LogP contribution in [0.15, 0.2) is 0 Å². The number of primary amides is 1. The number of amides is 2. The molecule has 1 saturated heterocycles. The van der Waals surface area contributed by atoms with Gasteiger partial charge in [0, 0.05) is 24.5 Å². The van der Waals surface area contributed by atoms with Crippen LogP contribution < -0.4 is 11.1 Å². The molecule has 3 rings (SSSR count). The van der Waals surface area contributed by atoms with Crippen molar-refractivity contribution in [2.75, 3.05) is 13.1 Å². The highest BCUT2D eigenvalue weighted by Gasteiger charge is 2.45. The minimum atomic E-state index is -0.789. The monoisotopic (exact) mass is 331 g/mol. The largest absolute Gasteiger partial charge is 0.369 e. The van der Waals surface area contributed by atoms with Crippen LogP contribution in [0.5, 0.6) is 0 Å². The molecule has 1 aliphatic heterocycles. The van der Waals surface area contributed by atoms with E-state index in [1.807, 2.05) is 0 Å². The molecule has 0 aromatic carbocycles. The van der Waals surface area contributed by atoms with Crippen molar-refractivity contribution < 1.29 is 9.59 Å². The normalized spacial score (nSPS) is 29.8. The number of likely N-dealkylation sites (tertiary alicyclic amines) is 1. The first kappa shape index (κ1) is 17.2. The second-order valence-corrected chi connectivity index (χ2v) is 7.75. The molecule has 0 aromatic rings. The SMILES string of the molecule is N#CC1(NC(=O)[CH]CC2(C(N)=O)CCCCC2)CCN(C2CC2)C1. The smallest absolute Gasteiger partial charge is 0.225 e. The minimum absolute atomic E-state index is 0.250. The van der Waals surface area contributed by atoms with Crippen LogP contribution in [0.25, 0.3) is 0 Å². The van der Waals surface area contributed by atoms with E-state index in [0.29, 0.717) is 25.4 Å². The first-order valence-corrected chi connectivity index (χ1v) is 9.09. The van der Waals surface area contributed by atoms with E-state index < -0.39 is 11.0 Å². The lowest BCUT2D eigenvalue weighted by Crippen LogP contribution is -2.50. The fourth-order valence-electron chi connectivity index (χ4n) is 4.17. The first-order chi connectivity index (χ1) is 11.5. The van der Waals surface area contributed by atoms with Crippen LogP contribution in [0.4, 0.5) is 0 Å². The van der Waals surface area contributed by atoms with Crippen molar-refractivity contribution >= 4 is 11.8 Å². The number of carbonyl (C=O) groups is 2. The molecular weight excluding hydrogens is 304 g/mol. The summed E-state index contributed by atoms with van der Waals surface area (Å²) >= 11 is 0. The van der Waals surface area contributed by atoms with Gasteiger partial charge >= 0.3 is 0 Å². The van der Waals surface area contributed by atoms with Crippen LogP contribution in [0, 0.1) is 23.2 Å². The van der Waals surface area contributed by atoms with Gasteiger partial charge in [-0.1, -0.05) is 19.3 Å². The van der Waals surface area contributed by atoms with Gasteiger partial charge in [-0.05, 0) is 38.5 Å². The van der Waals surface area contributed by atoms with Crippen molar-refractivity contribution in [2.24, 2.45) is 11.1 Å². The molecule has 6 nitrogen and oxygen atoms in total. The molecule has 2 aliphatic carbocycles. The average Bonchev–Trinajstić information content (AvgIpc) is 3.35. The van der Waals surface area contributed by atoms with Crippen molar-refractivity contribution in [3.8, 4) is 6.07 Å². The van der Waals surface area contributed by atoms with Gasteiger partial charge in [0.05, 0.1) is 12.5 Å². The lowest BCUT2D eigenvalue weighted by molar-refractivity contribution is -0.129. The number of rotatable bonds is 6. The third-order valence-corrected chi connectivity index (χ3v) is 5.95. The zero-order valence-electron chi connectivity index (χ0n) is 14.2. The fourth-order valence-corrected chi connectivity index (χ4v) is 4.17. The Kier molecular flexibility index (Phi) is 4.82. The van der Waals surface area contributed by atoms with Gasteiger partial charge in [-0.3, -0.25) is 14.5 Å². The number of nitriles is 1. The molecule has 0 spiro atoms. The van der Waals surface area contributed by atoms with Crippen molar-refractivity contribution in [1.82, 2.24) is 10.2 Å². The second-order valence-electron chi connectivity index (χ2n) is 7.75. The van der Waals surface area contributed by atoms with Gasteiger partial charge in [0.15, 0.2) is 0 Å². The summed E-state index contributed by atoms with van der Waals surface area (Å²) in [6.45, 7) is 1.47. The number of nitrogens with two attached hydrogens (primary N) is 1. The molecule has 1 heterocycles. The maximum atomic E-state index is 12.4. The highest BCUT2D eigenvalue weighted by Crippen LogP contribution is 2.40. The molecule has 24 heavy (non-hydrogen) atoms. The second kappa shape index (κ2) is 6.72. The summed E-state index contributed by atoms with van der Waals surface area (Å²) in [7, 11) is 0. The Bertz CT molecular complexity index is 546. The maximum absolute atomic E-state index is 12.4. The Hall–Kier alpha value is -1.61. The summed E-state index contributed by atoms with van der Waals surface area (Å²) in [5.74, 6) is -0.553. The number of hydrogen-bond acceptors (Lipinski definition) is 4. The molecule has 3 aliphatic rings. The summed E-state index contributed by atoms with van der Waals surface area (Å²) in [5, 5.41) is 12.5. The Labute approximate surface area is 143 Å². The molecule has 2 saturated carbocycles. The standard InChI is InChI=1S/C18H27N4O2/c19-12-18(10-11-22(13-18)14-4-5-14)21-15(23)6-9-17(16(20)24)7-2-1-3-8-17/h6,14H,1-5,7-11,13H2,(H2,20,24)(H,21,23). The Morgan fingerprint density at radius 3 is 2.54 bits per heavy atom. The lowest BCUT2D eigenvalue weighted by atomic mass is 9.70. The van der Waals surface area contributed by atoms with E-state index in [4.69, 9.17) is 5.73 Å². The van der Waals surface area contributed by atoms with E-state index in [-0.39, 0.29) is 11.8 Å². The van der Waals surface area contributed by atoms with E-state index in [2.05, 4.69) is 16.3 Å². The molecule has 1 unspecified atom stereocenters. The van der Waals surface area contributed by atoms with Crippen molar-refractivity contribution in [3.05, 3.63) is 6.42 Å². The van der Waals surface area contributed by atoms with Crippen LogP contribution in [-0.2, 0) is 9.59 Å². The molecule has 0 aromatic heterocycles. The van der Waals surface area contributed by atoms with Crippen molar-refractivity contribution in [3.63, 3.8) is 0 Å². The van der Waals surface area contributed by atoms with E-state index >= 15 is 0 Å². The van der Waals surface area contributed by atoms with Crippen LogP contribution >= 0.6 is 0 Å². The predicted octanol–water partition coefficient (Wildman–Crippen LogP) is 1.26. The molecule has 2 amide bonds. The van der Waals surface area contributed by atoms with Gasteiger partial charge in [0.2, 0.25) is 11.8 Å². The van der Waals surface area contributed by atoms with Crippen LogP contribution in [0.1, 0.15) is 57.8 Å². The van der Waals surface area contributed by atoms with Gasteiger partial charge in [0.1, 0.15) is 5.54 Å². The molecule has 3 fully saturated rings. The van der Waals surface area contributed by atoms with E-state index in [9.17, 15) is 14.9 Å². The minimum Gasteiger partial charge on any atom is -0.369 e. The zero-order chi connectivity index (χ0) is 17.2. The highest BCUT2D eigenvalue weighted by molar-refractivity contribution is 5.88. The molecule has 3 N–H and O–H groups in total. The van der Waals surface area contributed by atoms with Crippen molar-refractivity contribution in [1.29, 1.82) is 5.26 Å². The topological polar surface area (TPSA) is 99.2 Å². The first-order valence-electron chi connectivity index (χ1n) is 9.09. The summed E-state index contributed by atoms with van der Waals surface area (Å²) in [5.41, 5.74) is 4.25. The average molecular weight is 331 g/mol. The summed E-state index contributed by atoms with van der Waals surface area (Å²) < 4.78 is 0. The zero-order valence-corrected chi connectivity index (χ0v) is 14.2. The predicted molar refractivity (Wildman–Crippen MR) is 89.3 cm³/mol. The Balaban J connectivity index is 1.54. The third kappa shape index (κ3) is 3.56. The quantitative estimate of drug-likeness (QED) is 0.765. The summed E-state index contributed by atoms with van der Waals surface area (Å²) in [6.07, 6.45) is 9.57. The molecular formula is C18H27N4O2. The van der Waals surface area contributed by atoms with Crippen LogP contribution in [-0.4, -0.2) is 41.4 Å². The van der Waals surface area contributed by atoms with E-state index in [1.165, 1.54) is 19.3 Å². The van der Waals surface area contributed by atoms with Crippen LogP contribution in [0.3, 0.4) is 0 Å². The molecule has 6 heteroatoms. The van der Waals surface area contributed by atoms with Gasteiger partial charge in [-0.15, -0.1) is 0 Å². The molecule has 1 atom stereocenters. The molecule has 0 bridgehead atoms. The Morgan fingerprint density at radius 1 is 1.25 bits per heavy atom. The summed E-state index contributed by atoms with van der Waals surface area (Å²) in [6, 6.07) is 2.90. The highest BCUT2D eigenvalue weighted by atomic mass is 16.2. The number of carbonyl (C=O) groups excluding carboxylic acids is 2. The van der Waals surface area contributed by atoms with E-state index in [1.54, 1.807) is 0 Å². The van der Waals surface area contributed by atoms with Gasteiger partial charge in [0.25, 0.3) is 0 Å². The number of hydrogen-bond donors (Lipinski definition) is 2. The maximum Gasteiger partial charge on any atom is 0.225 e.